The van der Waals surface area contributed by atoms with Crippen molar-refractivity contribution in [2.45, 2.75) is 39.2 Å². The molecule has 0 radical (unpaired) electrons. The Morgan fingerprint density at radius 1 is 1.35 bits per heavy atom. The molecule has 2 atom stereocenters. The largest absolute Gasteiger partial charge is 0.324 e. The number of benzene rings is 1. The summed E-state index contributed by atoms with van der Waals surface area (Å²) < 4.78 is 1.20. The number of aromatic nitrogens is 3. The second kappa shape index (κ2) is 6.64. The van der Waals surface area contributed by atoms with E-state index >= 15 is 0 Å². The first-order chi connectivity index (χ1) is 12.5. The fourth-order valence-electron chi connectivity index (χ4n) is 3.40. The Labute approximate surface area is 154 Å². The highest BCUT2D eigenvalue weighted by atomic mass is 32.1. The third-order valence-corrected chi connectivity index (χ3v) is 6.07. The molecule has 0 unspecified atom stereocenters. The number of aryl methyl sites for hydroxylation is 1. The molecule has 2 heterocycles. The van der Waals surface area contributed by atoms with E-state index in [-0.39, 0.29) is 11.5 Å². The van der Waals surface area contributed by atoms with Crippen molar-refractivity contribution in [3.8, 4) is 0 Å². The van der Waals surface area contributed by atoms with Gasteiger partial charge < -0.3 is 5.32 Å². The van der Waals surface area contributed by atoms with E-state index in [9.17, 15) is 9.59 Å². The molecule has 0 fully saturated rings. The molecule has 0 saturated carbocycles. The molecule has 134 valence electrons. The van der Waals surface area contributed by atoms with Gasteiger partial charge in [-0.05, 0) is 49.8 Å². The molecule has 3 aromatic rings. The number of amides is 1. The molecular weight excluding hydrogens is 348 g/mol. The Morgan fingerprint density at radius 2 is 2.12 bits per heavy atom. The van der Waals surface area contributed by atoms with Crippen molar-refractivity contribution in [2.75, 3.05) is 5.32 Å². The van der Waals surface area contributed by atoms with Crippen LogP contribution in [0.5, 0.6) is 0 Å². The summed E-state index contributed by atoms with van der Waals surface area (Å²) in [6.45, 7) is 3.90. The summed E-state index contributed by atoms with van der Waals surface area (Å²) in [5, 5.41) is 11.7. The number of nitrogens with one attached hydrogen (secondary N) is 1. The zero-order chi connectivity index (χ0) is 18.3. The van der Waals surface area contributed by atoms with Crippen molar-refractivity contribution < 1.29 is 4.79 Å². The Kier molecular flexibility index (Phi) is 4.32. The van der Waals surface area contributed by atoms with E-state index in [1.165, 1.54) is 9.56 Å². The number of hydrogen-bond donors (Lipinski definition) is 1. The number of para-hydroxylation sites is 1. The molecular formula is C19H20N4O2S. The minimum absolute atomic E-state index is 0.224. The first kappa shape index (κ1) is 16.9. The fourth-order valence-corrected chi connectivity index (χ4v) is 4.72. The number of rotatable bonds is 3. The smallest absolute Gasteiger partial charge is 0.279 e. The molecule has 0 saturated heterocycles. The molecule has 2 aromatic heterocycles. The fraction of sp³-hybridized carbons (Fsp3) is 0.368. The summed E-state index contributed by atoms with van der Waals surface area (Å²) in [6.07, 6.45) is 2.95. The summed E-state index contributed by atoms with van der Waals surface area (Å²) in [6, 6.07) is 8.44. The zero-order valence-electron chi connectivity index (χ0n) is 14.7. The van der Waals surface area contributed by atoms with Gasteiger partial charge in [-0.1, -0.05) is 30.3 Å². The SMILES string of the molecule is C[C@@H]1CCc2c(sc3nnn([C@@H](C)C(=O)Nc4ccccc4)c(=O)c23)C1. The highest BCUT2D eigenvalue weighted by molar-refractivity contribution is 7.18. The Bertz CT molecular complexity index is 1030. The van der Waals surface area contributed by atoms with E-state index < -0.39 is 6.04 Å². The molecule has 7 heteroatoms. The molecule has 1 N–H and O–H groups in total. The van der Waals surface area contributed by atoms with Gasteiger partial charge in [0.1, 0.15) is 6.04 Å². The van der Waals surface area contributed by atoms with Crippen molar-refractivity contribution >= 4 is 33.1 Å². The highest BCUT2D eigenvalue weighted by Gasteiger charge is 2.26. The van der Waals surface area contributed by atoms with E-state index in [0.717, 1.165) is 24.8 Å². The van der Waals surface area contributed by atoms with Crippen molar-refractivity contribution in [2.24, 2.45) is 5.92 Å². The molecule has 0 aliphatic heterocycles. The van der Waals surface area contributed by atoms with Gasteiger partial charge in [-0.3, -0.25) is 9.59 Å². The molecule has 1 aliphatic carbocycles. The maximum absolute atomic E-state index is 13.0. The van der Waals surface area contributed by atoms with Gasteiger partial charge in [-0.25, -0.2) is 0 Å². The second-order valence-electron chi connectivity index (χ2n) is 6.90. The molecule has 6 nitrogen and oxygen atoms in total. The first-order valence-corrected chi connectivity index (χ1v) is 9.62. The van der Waals surface area contributed by atoms with Crippen molar-refractivity contribution in [1.29, 1.82) is 0 Å². The molecule has 0 spiro atoms. The van der Waals surface area contributed by atoms with Gasteiger partial charge >= 0.3 is 0 Å². The topological polar surface area (TPSA) is 76.9 Å². The Balaban J connectivity index is 1.69. The summed E-state index contributed by atoms with van der Waals surface area (Å²) in [4.78, 5) is 27.5. The maximum Gasteiger partial charge on any atom is 0.279 e. The quantitative estimate of drug-likeness (QED) is 0.770. The third kappa shape index (κ3) is 2.92. The van der Waals surface area contributed by atoms with Crippen LogP contribution >= 0.6 is 11.3 Å². The van der Waals surface area contributed by atoms with Gasteiger partial charge in [0.05, 0.1) is 5.39 Å². The molecule has 1 aromatic carbocycles. The first-order valence-electron chi connectivity index (χ1n) is 8.80. The predicted octanol–water partition coefficient (Wildman–Crippen LogP) is 3.18. The normalized spacial score (nSPS) is 17.7. The van der Waals surface area contributed by atoms with Crippen molar-refractivity contribution in [3.63, 3.8) is 0 Å². The van der Waals surface area contributed by atoms with Gasteiger partial charge in [-0.15, -0.1) is 16.4 Å². The van der Waals surface area contributed by atoms with E-state index in [2.05, 4.69) is 22.6 Å². The average molecular weight is 368 g/mol. The predicted molar refractivity (Wildman–Crippen MR) is 103 cm³/mol. The lowest BCUT2D eigenvalue weighted by Gasteiger charge is -2.17. The van der Waals surface area contributed by atoms with E-state index in [1.54, 1.807) is 30.4 Å². The number of thiophene rings is 1. The minimum atomic E-state index is -0.738. The Hall–Kier alpha value is -2.54. The summed E-state index contributed by atoms with van der Waals surface area (Å²) in [5.74, 6) is 0.339. The second-order valence-corrected chi connectivity index (χ2v) is 7.99. The van der Waals surface area contributed by atoms with Crippen molar-refractivity contribution in [3.05, 3.63) is 51.1 Å². The number of nitrogens with zero attached hydrogens (tertiary/aromatic N) is 3. The summed E-state index contributed by atoms with van der Waals surface area (Å²) in [7, 11) is 0. The maximum atomic E-state index is 13.0. The van der Waals surface area contributed by atoms with Crippen LogP contribution < -0.4 is 10.9 Å². The van der Waals surface area contributed by atoms with Gasteiger partial charge in [0.2, 0.25) is 5.91 Å². The zero-order valence-corrected chi connectivity index (χ0v) is 15.5. The minimum Gasteiger partial charge on any atom is -0.324 e. The number of fused-ring (bicyclic) bond motifs is 3. The van der Waals surface area contributed by atoms with Crippen LogP contribution in [-0.2, 0) is 17.6 Å². The van der Waals surface area contributed by atoms with Crippen molar-refractivity contribution in [1.82, 2.24) is 15.0 Å². The lowest BCUT2D eigenvalue weighted by molar-refractivity contribution is -0.119. The van der Waals surface area contributed by atoms with Crippen LogP contribution in [0.4, 0.5) is 5.69 Å². The lowest BCUT2D eigenvalue weighted by Crippen LogP contribution is -2.34. The van der Waals surface area contributed by atoms with Gasteiger partial charge in [0, 0.05) is 10.6 Å². The van der Waals surface area contributed by atoms with Crippen LogP contribution in [0.15, 0.2) is 35.1 Å². The molecule has 4 rings (SSSR count). The van der Waals surface area contributed by atoms with E-state index in [0.29, 0.717) is 21.8 Å². The van der Waals surface area contributed by atoms with Crippen LogP contribution in [0.2, 0.25) is 0 Å². The number of carbonyl (C=O) groups excluding carboxylic acids is 1. The monoisotopic (exact) mass is 368 g/mol. The number of hydrogen-bond acceptors (Lipinski definition) is 5. The molecule has 1 amide bonds. The summed E-state index contributed by atoms with van der Waals surface area (Å²) in [5.41, 5.74) is 1.57. The van der Waals surface area contributed by atoms with Crippen LogP contribution in [0, 0.1) is 5.92 Å². The third-order valence-electron chi connectivity index (χ3n) is 4.93. The van der Waals surface area contributed by atoms with Gasteiger partial charge in [-0.2, -0.15) is 4.68 Å². The van der Waals surface area contributed by atoms with Gasteiger partial charge in [0.15, 0.2) is 4.83 Å². The number of anilines is 1. The van der Waals surface area contributed by atoms with Crippen LogP contribution in [0.25, 0.3) is 10.2 Å². The van der Waals surface area contributed by atoms with E-state index in [4.69, 9.17) is 0 Å². The number of carbonyl (C=O) groups is 1. The standard InChI is InChI=1S/C19H20N4O2S/c1-11-8-9-14-15(10-11)26-18-16(14)19(25)23(22-21-18)12(2)17(24)20-13-6-4-3-5-7-13/h3-7,11-12H,8-10H2,1-2H3,(H,20,24)/t11-,12+/m1/s1. The highest BCUT2D eigenvalue weighted by Crippen LogP contribution is 2.35. The van der Waals surface area contributed by atoms with Crippen LogP contribution in [0.1, 0.15) is 36.8 Å². The van der Waals surface area contributed by atoms with E-state index in [1.807, 2.05) is 18.2 Å². The van der Waals surface area contributed by atoms with Crippen LogP contribution in [0.3, 0.4) is 0 Å². The Morgan fingerprint density at radius 3 is 2.88 bits per heavy atom. The van der Waals surface area contributed by atoms with Crippen LogP contribution in [-0.4, -0.2) is 20.9 Å². The lowest BCUT2D eigenvalue weighted by atomic mass is 9.89. The average Bonchev–Trinajstić information content (AvgIpc) is 3.00. The summed E-state index contributed by atoms with van der Waals surface area (Å²) >= 11 is 1.56. The molecule has 26 heavy (non-hydrogen) atoms. The van der Waals surface area contributed by atoms with Gasteiger partial charge in [0.25, 0.3) is 5.56 Å². The molecule has 1 aliphatic rings. The molecule has 0 bridgehead atoms.